The molecule has 1 aliphatic heterocycles. The van der Waals surface area contributed by atoms with Crippen molar-refractivity contribution in [2.75, 3.05) is 0 Å². The van der Waals surface area contributed by atoms with Gasteiger partial charge in [0.05, 0.1) is 13.2 Å². The second kappa shape index (κ2) is 1.59. The third kappa shape index (κ3) is 0.887. The van der Waals surface area contributed by atoms with Crippen LogP contribution in [0.1, 0.15) is 0 Å². The average molecular weight is 97.1 g/mol. The quantitative estimate of drug-likeness (QED) is 0.476. The molecule has 0 aromatic rings. The van der Waals surface area contributed by atoms with Crippen molar-refractivity contribution in [3.8, 4) is 0 Å². The van der Waals surface area contributed by atoms with Crippen molar-refractivity contribution in [3.63, 3.8) is 0 Å². The standard InChI is InChI=1S/C3H5N4/c1-7-5-3-2-4-6-7/h2-3,5H,1H2. The van der Waals surface area contributed by atoms with Gasteiger partial charge in [-0.2, -0.15) is 5.12 Å². The zero-order valence-electron chi connectivity index (χ0n) is 3.70. The van der Waals surface area contributed by atoms with E-state index in [2.05, 4.69) is 22.8 Å². The van der Waals surface area contributed by atoms with Crippen molar-refractivity contribution < 1.29 is 0 Å². The zero-order chi connectivity index (χ0) is 5.11. The average Bonchev–Trinajstić information content (AvgIpc) is 1.69. The highest BCUT2D eigenvalue weighted by Crippen LogP contribution is 1.88. The first-order valence-corrected chi connectivity index (χ1v) is 1.82. The van der Waals surface area contributed by atoms with Gasteiger partial charge in [0.15, 0.2) is 0 Å². The Bertz CT molecular complexity index is 106. The molecule has 0 aromatic carbocycles. The summed E-state index contributed by atoms with van der Waals surface area (Å²) in [5.74, 6) is 0. The molecule has 7 heavy (non-hydrogen) atoms. The lowest BCUT2D eigenvalue weighted by Gasteiger charge is -2.10. The maximum absolute atomic E-state index is 3.50. The SMILES string of the molecule is [CH2]N1N=NC=CN1. The summed E-state index contributed by atoms with van der Waals surface area (Å²) in [4.78, 5) is 0. The van der Waals surface area contributed by atoms with Gasteiger partial charge < -0.3 is 0 Å². The van der Waals surface area contributed by atoms with Crippen LogP contribution in [-0.2, 0) is 0 Å². The van der Waals surface area contributed by atoms with Gasteiger partial charge in [-0.15, -0.1) is 5.11 Å². The fourth-order valence-corrected chi connectivity index (χ4v) is 0.271. The van der Waals surface area contributed by atoms with E-state index < -0.39 is 0 Å². The predicted octanol–water partition coefficient (Wildman–Crippen LogP) is 0.437. The number of rotatable bonds is 0. The fraction of sp³-hybridized carbons (Fsp3) is 0. The highest BCUT2D eigenvalue weighted by molar-refractivity contribution is 4.76. The van der Waals surface area contributed by atoms with Gasteiger partial charge in [-0.1, -0.05) is 5.22 Å². The highest BCUT2D eigenvalue weighted by atomic mass is 15.7. The summed E-state index contributed by atoms with van der Waals surface area (Å²) in [6, 6.07) is 0. The Kier molecular flexibility index (Phi) is 0.934. The van der Waals surface area contributed by atoms with E-state index in [4.69, 9.17) is 0 Å². The molecule has 1 heterocycles. The predicted molar refractivity (Wildman–Crippen MR) is 24.3 cm³/mol. The van der Waals surface area contributed by atoms with Crippen LogP contribution in [0.3, 0.4) is 0 Å². The minimum absolute atomic E-state index is 1.26. The van der Waals surface area contributed by atoms with Crippen LogP contribution in [0.15, 0.2) is 22.7 Å². The zero-order valence-corrected chi connectivity index (χ0v) is 3.70. The number of nitrogens with zero attached hydrogens (tertiary/aromatic N) is 3. The molecule has 0 aromatic heterocycles. The van der Waals surface area contributed by atoms with Crippen molar-refractivity contribution in [2.45, 2.75) is 0 Å². The molecule has 0 unspecified atom stereocenters. The summed E-state index contributed by atoms with van der Waals surface area (Å²) in [5, 5.41) is 8.25. The molecule has 1 radical (unpaired) electrons. The molecular formula is C3H5N4. The lowest BCUT2D eigenvalue weighted by Crippen LogP contribution is -2.22. The molecule has 1 rings (SSSR count). The third-order valence-corrected chi connectivity index (χ3v) is 0.524. The normalized spacial score (nSPS) is 17.0. The Balaban J connectivity index is 2.49. The van der Waals surface area contributed by atoms with Crippen molar-refractivity contribution >= 4 is 0 Å². The molecule has 4 nitrogen and oxygen atoms in total. The highest BCUT2D eigenvalue weighted by Gasteiger charge is 1.86. The number of hydrogen-bond donors (Lipinski definition) is 1. The Morgan fingerprint density at radius 3 is 2.86 bits per heavy atom. The molecule has 0 fully saturated rings. The molecule has 0 saturated carbocycles. The van der Waals surface area contributed by atoms with Gasteiger partial charge in [-0.25, -0.2) is 0 Å². The van der Waals surface area contributed by atoms with E-state index in [-0.39, 0.29) is 0 Å². The van der Waals surface area contributed by atoms with Crippen molar-refractivity contribution in [3.05, 3.63) is 19.4 Å². The third-order valence-electron chi connectivity index (χ3n) is 0.524. The van der Waals surface area contributed by atoms with Crippen LogP contribution in [0.2, 0.25) is 0 Å². The Hall–Kier alpha value is -1.06. The van der Waals surface area contributed by atoms with Crippen LogP contribution in [0.25, 0.3) is 0 Å². The van der Waals surface area contributed by atoms with Gasteiger partial charge in [-0.3, -0.25) is 5.43 Å². The van der Waals surface area contributed by atoms with E-state index in [1.807, 2.05) is 0 Å². The van der Waals surface area contributed by atoms with Gasteiger partial charge in [-0.05, 0) is 0 Å². The summed E-state index contributed by atoms with van der Waals surface area (Å²) in [6.07, 6.45) is 3.18. The Labute approximate surface area is 41.5 Å². The van der Waals surface area contributed by atoms with Crippen molar-refractivity contribution in [1.82, 2.24) is 10.5 Å². The molecule has 0 amide bonds. The van der Waals surface area contributed by atoms with Crippen LogP contribution < -0.4 is 5.43 Å². The molecule has 1 N–H and O–H groups in total. The smallest absolute Gasteiger partial charge is 0.0815 e. The largest absolute Gasteiger partial charge is 0.287 e. The van der Waals surface area contributed by atoms with Gasteiger partial charge in [0, 0.05) is 6.20 Å². The second-order valence-corrected chi connectivity index (χ2v) is 1.05. The maximum atomic E-state index is 3.50. The first kappa shape index (κ1) is 4.11. The maximum Gasteiger partial charge on any atom is 0.0815 e. The summed E-state index contributed by atoms with van der Waals surface area (Å²) >= 11 is 0. The molecule has 0 saturated heterocycles. The lowest BCUT2D eigenvalue weighted by atomic mass is 10.9. The molecule has 1 aliphatic rings. The second-order valence-electron chi connectivity index (χ2n) is 1.05. The van der Waals surface area contributed by atoms with E-state index >= 15 is 0 Å². The molecule has 37 valence electrons. The van der Waals surface area contributed by atoms with Gasteiger partial charge in [0.1, 0.15) is 0 Å². The van der Waals surface area contributed by atoms with E-state index in [1.165, 1.54) is 5.12 Å². The molecule has 0 aliphatic carbocycles. The number of nitrogens with one attached hydrogen (secondary N) is 1. The van der Waals surface area contributed by atoms with Gasteiger partial charge >= 0.3 is 0 Å². The Morgan fingerprint density at radius 1 is 1.71 bits per heavy atom. The fourth-order valence-electron chi connectivity index (χ4n) is 0.271. The van der Waals surface area contributed by atoms with Crippen molar-refractivity contribution in [2.24, 2.45) is 10.3 Å². The first-order valence-electron chi connectivity index (χ1n) is 1.82. The topological polar surface area (TPSA) is 40.0 Å². The summed E-state index contributed by atoms with van der Waals surface area (Å²) in [6.45, 7) is 0. The van der Waals surface area contributed by atoms with Crippen LogP contribution in [0, 0.1) is 7.05 Å². The van der Waals surface area contributed by atoms with E-state index in [0.29, 0.717) is 0 Å². The van der Waals surface area contributed by atoms with E-state index in [9.17, 15) is 0 Å². The van der Waals surface area contributed by atoms with Gasteiger partial charge in [0.25, 0.3) is 0 Å². The van der Waals surface area contributed by atoms with Crippen LogP contribution in [0.5, 0.6) is 0 Å². The van der Waals surface area contributed by atoms with Crippen molar-refractivity contribution in [1.29, 1.82) is 0 Å². The van der Waals surface area contributed by atoms with Crippen LogP contribution >= 0.6 is 0 Å². The van der Waals surface area contributed by atoms with Gasteiger partial charge in [0.2, 0.25) is 0 Å². The van der Waals surface area contributed by atoms with Crippen LogP contribution in [0.4, 0.5) is 0 Å². The summed E-state index contributed by atoms with van der Waals surface area (Å²) in [7, 11) is 3.41. The summed E-state index contributed by atoms with van der Waals surface area (Å²) in [5.41, 5.74) is 2.66. The molecule has 0 bridgehead atoms. The Morgan fingerprint density at radius 2 is 2.57 bits per heavy atom. The molecular weight excluding hydrogens is 92.1 g/mol. The minimum atomic E-state index is 1.26. The van der Waals surface area contributed by atoms with E-state index in [1.54, 1.807) is 12.4 Å². The first-order chi connectivity index (χ1) is 3.39. The minimum Gasteiger partial charge on any atom is -0.287 e. The number of hydrogen-bond acceptors (Lipinski definition) is 4. The molecule has 0 spiro atoms. The monoisotopic (exact) mass is 97.1 g/mol. The molecule has 4 heteroatoms. The number of hydrazine groups is 1. The lowest BCUT2D eigenvalue weighted by molar-refractivity contribution is 0.296. The molecule has 0 atom stereocenters. The van der Waals surface area contributed by atoms with Crippen LogP contribution in [-0.4, -0.2) is 5.12 Å². The van der Waals surface area contributed by atoms with E-state index in [0.717, 1.165) is 0 Å². The summed E-state index contributed by atoms with van der Waals surface area (Å²) < 4.78 is 0.